The lowest BCUT2D eigenvalue weighted by atomic mass is 10.2. The molecule has 0 bridgehead atoms. The van der Waals surface area contributed by atoms with Crippen molar-refractivity contribution >= 4 is 21.6 Å². The van der Waals surface area contributed by atoms with Crippen molar-refractivity contribution in [3.63, 3.8) is 0 Å². The van der Waals surface area contributed by atoms with Crippen LogP contribution in [0.3, 0.4) is 0 Å². The molecule has 27 heavy (non-hydrogen) atoms. The van der Waals surface area contributed by atoms with Crippen LogP contribution in [0.15, 0.2) is 48.5 Å². The second-order valence-corrected chi connectivity index (χ2v) is 8.10. The average Bonchev–Trinajstić information content (AvgIpc) is 2.64. The smallest absolute Gasteiger partial charge is 0.261 e. The summed E-state index contributed by atoms with van der Waals surface area (Å²) in [4.78, 5) is 12.3. The minimum absolute atomic E-state index is 0.275. The number of benzene rings is 2. The van der Waals surface area contributed by atoms with E-state index in [9.17, 15) is 17.6 Å². The third kappa shape index (κ3) is 5.96. The van der Waals surface area contributed by atoms with E-state index in [-0.39, 0.29) is 18.3 Å². The van der Waals surface area contributed by atoms with Gasteiger partial charge in [-0.25, -0.2) is 12.8 Å². The number of nitrogens with one attached hydrogen (secondary N) is 1. The molecule has 8 heteroatoms. The summed E-state index contributed by atoms with van der Waals surface area (Å²) in [5, 5.41) is 2.77. The highest BCUT2D eigenvalue weighted by molar-refractivity contribution is 7.92. The Morgan fingerprint density at radius 1 is 1.15 bits per heavy atom. The van der Waals surface area contributed by atoms with Gasteiger partial charge in [0.1, 0.15) is 11.6 Å². The van der Waals surface area contributed by atoms with Crippen LogP contribution in [-0.2, 0) is 21.4 Å². The number of nitrogens with zero attached hydrogens (tertiary/aromatic N) is 1. The van der Waals surface area contributed by atoms with Crippen LogP contribution in [0, 0.1) is 5.82 Å². The van der Waals surface area contributed by atoms with Gasteiger partial charge in [0.05, 0.1) is 11.9 Å². The number of hydrogen-bond donors (Lipinski definition) is 1. The molecule has 2 aromatic carbocycles. The van der Waals surface area contributed by atoms with Crippen LogP contribution in [0.1, 0.15) is 18.9 Å². The number of sulfonamides is 1. The SMILES string of the molecule is CC[C@@H](Oc1ccc(N(C)S(C)(=O)=O)cc1)C(=O)NCc1ccc(F)cc1. The molecule has 0 fully saturated rings. The molecule has 0 radical (unpaired) electrons. The second kappa shape index (κ2) is 8.85. The topological polar surface area (TPSA) is 75.7 Å². The molecule has 0 saturated heterocycles. The molecule has 0 aliphatic rings. The Hall–Kier alpha value is -2.61. The van der Waals surface area contributed by atoms with Gasteiger partial charge in [0.2, 0.25) is 10.0 Å². The monoisotopic (exact) mass is 394 g/mol. The fraction of sp³-hybridized carbons (Fsp3) is 0.316. The normalized spacial score (nSPS) is 12.3. The highest BCUT2D eigenvalue weighted by Crippen LogP contribution is 2.21. The molecule has 0 aliphatic heterocycles. The van der Waals surface area contributed by atoms with Gasteiger partial charge >= 0.3 is 0 Å². The van der Waals surface area contributed by atoms with E-state index < -0.39 is 16.1 Å². The van der Waals surface area contributed by atoms with Gasteiger partial charge in [0.25, 0.3) is 5.91 Å². The Balaban J connectivity index is 1.97. The van der Waals surface area contributed by atoms with Crippen LogP contribution in [0.4, 0.5) is 10.1 Å². The quantitative estimate of drug-likeness (QED) is 0.747. The van der Waals surface area contributed by atoms with Crippen LogP contribution < -0.4 is 14.4 Å². The van der Waals surface area contributed by atoms with Crippen LogP contribution in [0.2, 0.25) is 0 Å². The fourth-order valence-corrected chi connectivity index (χ4v) is 2.82. The maximum Gasteiger partial charge on any atom is 0.261 e. The molecule has 0 saturated carbocycles. The van der Waals surface area contributed by atoms with E-state index in [4.69, 9.17) is 4.74 Å². The summed E-state index contributed by atoms with van der Waals surface area (Å²) in [5.74, 6) is -0.145. The maximum atomic E-state index is 12.9. The lowest BCUT2D eigenvalue weighted by molar-refractivity contribution is -0.128. The van der Waals surface area contributed by atoms with Crippen molar-refractivity contribution in [1.29, 1.82) is 0 Å². The molecule has 2 aromatic rings. The molecule has 6 nitrogen and oxygen atoms in total. The lowest BCUT2D eigenvalue weighted by Crippen LogP contribution is -2.37. The highest BCUT2D eigenvalue weighted by atomic mass is 32.2. The number of carbonyl (C=O) groups is 1. The van der Waals surface area contributed by atoms with Crippen LogP contribution in [-0.4, -0.2) is 33.7 Å². The number of carbonyl (C=O) groups excluding carboxylic acids is 1. The standard InChI is InChI=1S/C19H23FN2O4S/c1-4-18(19(23)21-13-14-5-7-15(20)8-6-14)26-17-11-9-16(10-12-17)22(2)27(3,24)25/h5-12,18H,4,13H2,1-3H3,(H,21,23)/t18-/m1/s1. The first kappa shape index (κ1) is 20.7. The largest absolute Gasteiger partial charge is 0.481 e. The van der Waals surface area contributed by atoms with Crippen molar-refractivity contribution in [3.05, 3.63) is 59.9 Å². The zero-order valence-electron chi connectivity index (χ0n) is 15.5. The lowest BCUT2D eigenvalue weighted by Gasteiger charge is -2.19. The second-order valence-electron chi connectivity index (χ2n) is 6.08. The summed E-state index contributed by atoms with van der Waals surface area (Å²) >= 11 is 0. The number of anilines is 1. The zero-order valence-corrected chi connectivity index (χ0v) is 16.3. The first-order chi connectivity index (χ1) is 12.7. The van der Waals surface area contributed by atoms with E-state index >= 15 is 0 Å². The summed E-state index contributed by atoms with van der Waals surface area (Å²) in [5.41, 5.74) is 1.28. The van der Waals surface area contributed by atoms with Gasteiger partial charge in [0, 0.05) is 13.6 Å². The Morgan fingerprint density at radius 2 is 1.74 bits per heavy atom. The number of halogens is 1. The summed E-state index contributed by atoms with van der Waals surface area (Å²) in [6.07, 6.45) is 0.889. The first-order valence-corrected chi connectivity index (χ1v) is 10.3. The summed E-state index contributed by atoms with van der Waals surface area (Å²) < 4.78 is 42.9. The van der Waals surface area contributed by atoms with E-state index in [0.717, 1.165) is 16.1 Å². The Bertz CT molecular complexity index is 868. The molecule has 0 aromatic heterocycles. The Morgan fingerprint density at radius 3 is 2.26 bits per heavy atom. The van der Waals surface area contributed by atoms with E-state index in [2.05, 4.69) is 5.32 Å². The van der Waals surface area contributed by atoms with Crippen molar-refractivity contribution < 1.29 is 22.3 Å². The molecule has 0 unspecified atom stereocenters. The molecular formula is C19H23FN2O4S. The van der Waals surface area contributed by atoms with E-state index in [1.807, 2.05) is 6.92 Å². The zero-order chi connectivity index (χ0) is 20.0. The number of rotatable bonds is 8. The summed E-state index contributed by atoms with van der Waals surface area (Å²) in [6.45, 7) is 2.10. The number of hydrogen-bond acceptors (Lipinski definition) is 4. The van der Waals surface area contributed by atoms with Gasteiger partial charge in [-0.3, -0.25) is 9.10 Å². The van der Waals surface area contributed by atoms with E-state index in [0.29, 0.717) is 17.9 Å². The number of ether oxygens (including phenoxy) is 1. The minimum Gasteiger partial charge on any atom is -0.481 e. The third-order valence-electron chi connectivity index (χ3n) is 4.02. The predicted molar refractivity (Wildman–Crippen MR) is 103 cm³/mol. The molecular weight excluding hydrogens is 371 g/mol. The number of amides is 1. The predicted octanol–water partition coefficient (Wildman–Crippen LogP) is 2.70. The van der Waals surface area contributed by atoms with Crippen molar-refractivity contribution in [3.8, 4) is 5.75 Å². The Labute approximate surface area is 159 Å². The van der Waals surface area contributed by atoms with E-state index in [1.165, 1.54) is 19.2 Å². The van der Waals surface area contributed by atoms with E-state index in [1.54, 1.807) is 36.4 Å². The molecule has 2 rings (SSSR count). The first-order valence-electron chi connectivity index (χ1n) is 8.43. The van der Waals surface area contributed by atoms with Gasteiger partial charge < -0.3 is 10.1 Å². The Kier molecular flexibility index (Phi) is 6.79. The van der Waals surface area contributed by atoms with Crippen molar-refractivity contribution in [2.45, 2.75) is 26.0 Å². The minimum atomic E-state index is -3.34. The van der Waals surface area contributed by atoms with Gasteiger partial charge in [-0.2, -0.15) is 0 Å². The van der Waals surface area contributed by atoms with Gasteiger partial charge in [0.15, 0.2) is 6.10 Å². The van der Waals surface area contributed by atoms with Crippen LogP contribution in [0.5, 0.6) is 5.75 Å². The van der Waals surface area contributed by atoms with Crippen molar-refractivity contribution in [2.24, 2.45) is 0 Å². The van der Waals surface area contributed by atoms with Crippen LogP contribution >= 0.6 is 0 Å². The molecule has 1 N–H and O–H groups in total. The fourth-order valence-electron chi connectivity index (χ4n) is 2.32. The summed E-state index contributed by atoms with van der Waals surface area (Å²) in [6, 6.07) is 12.3. The van der Waals surface area contributed by atoms with Gasteiger partial charge in [-0.05, 0) is 48.4 Å². The molecule has 1 atom stereocenters. The van der Waals surface area contributed by atoms with Crippen molar-refractivity contribution in [1.82, 2.24) is 5.32 Å². The molecule has 1 amide bonds. The summed E-state index contributed by atoms with van der Waals surface area (Å²) in [7, 11) is -1.88. The van der Waals surface area contributed by atoms with Gasteiger partial charge in [-0.15, -0.1) is 0 Å². The average molecular weight is 394 g/mol. The molecule has 0 spiro atoms. The molecule has 146 valence electrons. The molecule has 0 heterocycles. The third-order valence-corrected chi connectivity index (χ3v) is 5.23. The molecule has 0 aliphatic carbocycles. The van der Waals surface area contributed by atoms with Crippen molar-refractivity contribution in [2.75, 3.05) is 17.6 Å². The highest BCUT2D eigenvalue weighted by Gasteiger charge is 2.18. The van der Waals surface area contributed by atoms with Gasteiger partial charge in [-0.1, -0.05) is 19.1 Å². The maximum absolute atomic E-state index is 12.9. The van der Waals surface area contributed by atoms with Crippen LogP contribution in [0.25, 0.3) is 0 Å².